The minimum atomic E-state index is -4.45. The molecule has 29 heavy (non-hydrogen) atoms. The summed E-state index contributed by atoms with van der Waals surface area (Å²) < 4.78 is 44.4. The average Bonchev–Trinajstić information content (AvgIpc) is 2.68. The van der Waals surface area contributed by atoms with Crippen molar-refractivity contribution in [1.82, 2.24) is 9.88 Å². The molecule has 0 saturated carbocycles. The number of aromatic nitrogens is 1. The number of likely N-dealkylation sites (tertiary alicyclic amines) is 1. The van der Waals surface area contributed by atoms with Crippen LogP contribution in [-0.4, -0.2) is 40.9 Å². The number of pyridine rings is 1. The number of carbonyl (C=O) groups is 2. The summed E-state index contributed by atoms with van der Waals surface area (Å²) in [5, 5.41) is 0. The first-order valence-electron chi connectivity index (χ1n) is 9.09. The van der Waals surface area contributed by atoms with E-state index < -0.39 is 17.6 Å². The molecule has 2 amide bonds. The number of nitrogens with two attached hydrogens (primary N) is 1. The lowest BCUT2D eigenvalue weighted by atomic mass is 10.0. The Kier molecular flexibility index (Phi) is 6.05. The topological polar surface area (TPSA) is 85.5 Å². The van der Waals surface area contributed by atoms with Crippen LogP contribution in [0.4, 0.5) is 13.2 Å². The Bertz CT molecular complexity index is 902. The first-order chi connectivity index (χ1) is 13.7. The van der Waals surface area contributed by atoms with Gasteiger partial charge in [-0.3, -0.25) is 14.6 Å². The molecule has 2 heterocycles. The van der Waals surface area contributed by atoms with Crippen LogP contribution in [0.5, 0.6) is 5.75 Å². The highest BCUT2D eigenvalue weighted by molar-refractivity contribution is 5.91. The molecule has 1 aromatic heterocycles. The fourth-order valence-corrected chi connectivity index (χ4v) is 3.22. The molecule has 1 aliphatic rings. The summed E-state index contributed by atoms with van der Waals surface area (Å²) in [6.07, 6.45) is -2.03. The van der Waals surface area contributed by atoms with Crippen molar-refractivity contribution in [3.63, 3.8) is 0 Å². The average molecular weight is 407 g/mol. The third-order valence-electron chi connectivity index (χ3n) is 4.63. The number of carbonyl (C=O) groups excluding carboxylic acids is 2. The van der Waals surface area contributed by atoms with Crippen LogP contribution in [0.3, 0.4) is 0 Å². The molecule has 3 rings (SSSR count). The van der Waals surface area contributed by atoms with E-state index in [4.69, 9.17) is 10.5 Å². The summed E-state index contributed by atoms with van der Waals surface area (Å²) in [4.78, 5) is 29.3. The number of ether oxygens (including phenoxy) is 1. The van der Waals surface area contributed by atoms with E-state index in [9.17, 15) is 22.8 Å². The summed E-state index contributed by atoms with van der Waals surface area (Å²) in [5.74, 6) is -0.506. The van der Waals surface area contributed by atoms with E-state index >= 15 is 0 Å². The van der Waals surface area contributed by atoms with Gasteiger partial charge >= 0.3 is 6.18 Å². The lowest BCUT2D eigenvalue weighted by molar-refractivity contribution is -0.138. The zero-order valence-corrected chi connectivity index (χ0v) is 15.5. The highest BCUT2D eigenvalue weighted by Crippen LogP contribution is 2.29. The number of rotatable bonds is 5. The maximum Gasteiger partial charge on any atom is 0.416 e. The minimum absolute atomic E-state index is 0.0794. The SMILES string of the molecule is NC(=O)c1cc(OC2CCCN(C(=O)Cc3cccc(C(F)(F)F)c3)C2)ccn1. The quantitative estimate of drug-likeness (QED) is 0.826. The van der Waals surface area contributed by atoms with Gasteiger partial charge < -0.3 is 15.4 Å². The van der Waals surface area contributed by atoms with E-state index in [1.807, 2.05) is 0 Å². The smallest absolute Gasteiger partial charge is 0.416 e. The van der Waals surface area contributed by atoms with Crippen LogP contribution in [0.1, 0.15) is 34.5 Å². The molecule has 0 aliphatic carbocycles. The summed E-state index contributed by atoms with van der Waals surface area (Å²) >= 11 is 0. The summed E-state index contributed by atoms with van der Waals surface area (Å²) in [6.45, 7) is 0.826. The molecule has 6 nitrogen and oxygen atoms in total. The van der Waals surface area contributed by atoms with Gasteiger partial charge in [-0.2, -0.15) is 13.2 Å². The molecule has 1 fully saturated rings. The number of benzene rings is 1. The maximum absolute atomic E-state index is 12.9. The summed E-state index contributed by atoms with van der Waals surface area (Å²) in [6, 6.07) is 7.81. The summed E-state index contributed by atoms with van der Waals surface area (Å²) in [7, 11) is 0. The van der Waals surface area contributed by atoms with Crippen LogP contribution >= 0.6 is 0 Å². The van der Waals surface area contributed by atoms with Gasteiger partial charge in [0.1, 0.15) is 17.5 Å². The number of amides is 2. The minimum Gasteiger partial charge on any atom is -0.488 e. The molecular weight excluding hydrogens is 387 g/mol. The summed E-state index contributed by atoms with van der Waals surface area (Å²) in [5.41, 5.74) is 4.83. The van der Waals surface area contributed by atoms with Crippen LogP contribution in [-0.2, 0) is 17.4 Å². The molecule has 2 aromatic rings. The number of piperidine rings is 1. The van der Waals surface area contributed by atoms with Crippen molar-refractivity contribution in [3.05, 3.63) is 59.4 Å². The molecule has 0 spiro atoms. The Morgan fingerprint density at radius 2 is 2.03 bits per heavy atom. The number of hydrogen-bond donors (Lipinski definition) is 1. The standard InChI is InChI=1S/C20H20F3N3O3/c21-20(22,23)14-4-1-3-13(9-14)10-18(27)26-8-2-5-16(12-26)29-15-6-7-25-17(11-15)19(24)28/h1,3-4,6-7,9,11,16H,2,5,8,10,12H2,(H2,24,28). The first-order valence-corrected chi connectivity index (χ1v) is 9.09. The lowest BCUT2D eigenvalue weighted by Crippen LogP contribution is -2.45. The van der Waals surface area contributed by atoms with Gasteiger partial charge in [-0.15, -0.1) is 0 Å². The van der Waals surface area contributed by atoms with Crippen molar-refractivity contribution in [2.24, 2.45) is 5.73 Å². The Morgan fingerprint density at radius 1 is 1.24 bits per heavy atom. The number of halogens is 3. The highest BCUT2D eigenvalue weighted by atomic mass is 19.4. The number of alkyl halides is 3. The predicted octanol–water partition coefficient (Wildman–Crippen LogP) is 2.81. The van der Waals surface area contributed by atoms with Gasteiger partial charge in [0.15, 0.2) is 0 Å². The Balaban J connectivity index is 1.62. The van der Waals surface area contributed by atoms with Gasteiger partial charge in [0.05, 0.1) is 18.5 Å². The van der Waals surface area contributed by atoms with Crippen LogP contribution in [0.25, 0.3) is 0 Å². The second-order valence-corrected chi connectivity index (χ2v) is 6.84. The van der Waals surface area contributed by atoms with Gasteiger partial charge in [-0.25, -0.2) is 0 Å². The molecule has 1 unspecified atom stereocenters. The monoisotopic (exact) mass is 407 g/mol. The van der Waals surface area contributed by atoms with E-state index in [0.717, 1.165) is 12.1 Å². The zero-order valence-electron chi connectivity index (χ0n) is 15.5. The number of primary amides is 1. The molecule has 1 aliphatic heterocycles. The first kappa shape index (κ1) is 20.6. The van der Waals surface area contributed by atoms with Gasteiger partial charge in [-0.1, -0.05) is 18.2 Å². The van der Waals surface area contributed by atoms with Crippen molar-refractivity contribution in [3.8, 4) is 5.75 Å². The van der Waals surface area contributed by atoms with Crippen molar-refractivity contribution < 1.29 is 27.5 Å². The second kappa shape index (κ2) is 8.50. The fourth-order valence-electron chi connectivity index (χ4n) is 3.22. The van der Waals surface area contributed by atoms with Gasteiger partial charge in [0, 0.05) is 18.8 Å². The maximum atomic E-state index is 12.9. The van der Waals surface area contributed by atoms with Gasteiger partial charge in [-0.05, 0) is 30.5 Å². The van der Waals surface area contributed by atoms with E-state index in [1.54, 1.807) is 11.0 Å². The highest BCUT2D eigenvalue weighted by Gasteiger charge is 2.31. The van der Waals surface area contributed by atoms with Crippen molar-refractivity contribution in [1.29, 1.82) is 0 Å². The third kappa shape index (κ3) is 5.46. The molecule has 1 aromatic carbocycles. The Morgan fingerprint density at radius 3 is 2.76 bits per heavy atom. The second-order valence-electron chi connectivity index (χ2n) is 6.84. The molecule has 1 saturated heterocycles. The Hall–Kier alpha value is -3.10. The number of hydrogen-bond acceptors (Lipinski definition) is 4. The van der Waals surface area contributed by atoms with E-state index in [-0.39, 0.29) is 24.1 Å². The molecule has 1 atom stereocenters. The predicted molar refractivity (Wildman–Crippen MR) is 98.1 cm³/mol. The normalized spacial score (nSPS) is 17.1. The Labute approximate surface area is 165 Å². The largest absolute Gasteiger partial charge is 0.488 e. The lowest BCUT2D eigenvalue weighted by Gasteiger charge is -2.33. The van der Waals surface area contributed by atoms with Crippen molar-refractivity contribution in [2.75, 3.05) is 13.1 Å². The molecule has 0 radical (unpaired) electrons. The van der Waals surface area contributed by atoms with Crippen molar-refractivity contribution >= 4 is 11.8 Å². The molecular formula is C20H20F3N3O3. The molecule has 9 heteroatoms. The van der Waals surface area contributed by atoms with E-state index in [0.29, 0.717) is 37.2 Å². The van der Waals surface area contributed by atoms with Crippen molar-refractivity contribution in [2.45, 2.75) is 31.5 Å². The van der Waals surface area contributed by atoms with Crippen LogP contribution in [0.15, 0.2) is 42.6 Å². The third-order valence-corrected chi connectivity index (χ3v) is 4.63. The van der Waals surface area contributed by atoms with Gasteiger partial charge in [0.25, 0.3) is 5.91 Å². The molecule has 2 N–H and O–H groups in total. The molecule has 154 valence electrons. The van der Waals surface area contributed by atoms with Gasteiger partial charge in [0.2, 0.25) is 5.91 Å². The zero-order chi connectivity index (χ0) is 21.0. The van der Waals surface area contributed by atoms with Crippen LogP contribution in [0, 0.1) is 0 Å². The fraction of sp³-hybridized carbons (Fsp3) is 0.350. The van der Waals surface area contributed by atoms with Crippen LogP contribution < -0.4 is 10.5 Å². The van der Waals surface area contributed by atoms with E-state index in [2.05, 4.69) is 4.98 Å². The number of nitrogens with zero attached hydrogens (tertiary/aromatic N) is 2. The molecule has 0 bridgehead atoms. The van der Waals surface area contributed by atoms with Crippen LogP contribution in [0.2, 0.25) is 0 Å². The van der Waals surface area contributed by atoms with E-state index in [1.165, 1.54) is 24.4 Å².